The summed E-state index contributed by atoms with van der Waals surface area (Å²) < 4.78 is 13.1. The molecule has 0 aromatic heterocycles. The zero-order chi connectivity index (χ0) is 11.1. The Balaban J connectivity index is 3.06. The summed E-state index contributed by atoms with van der Waals surface area (Å²) in [4.78, 5) is 1.99. The Morgan fingerprint density at radius 1 is 1.00 bits per heavy atom. The third kappa shape index (κ3) is 2.43. The van der Waals surface area contributed by atoms with Crippen LogP contribution in [-0.4, -0.2) is 13.8 Å². The van der Waals surface area contributed by atoms with Crippen LogP contribution in [0.4, 0.5) is 0 Å². The van der Waals surface area contributed by atoms with E-state index in [2.05, 4.69) is 47.6 Å². The third-order valence-corrected chi connectivity index (χ3v) is 5.77. The maximum atomic E-state index is 11.9. The molecule has 1 unspecified atom stereocenters. The van der Waals surface area contributed by atoms with Crippen molar-refractivity contribution < 1.29 is 3.83 Å². The maximum absolute atomic E-state index is 11.9. The van der Waals surface area contributed by atoms with Crippen LogP contribution in [-0.2, 0) is 3.83 Å². The molecule has 0 aromatic carbocycles. The van der Waals surface area contributed by atoms with E-state index in [-0.39, 0.29) is 10.8 Å². The normalized spacial score (nSPS) is 23.4. The van der Waals surface area contributed by atoms with E-state index in [1.54, 1.807) is 0 Å². The zero-order valence-corrected chi connectivity index (χ0v) is 11.7. The summed E-state index contributed by atoms with van der Waals surface area (Å²) in [6.45, 7) is 12.9. The van der Waals surface area contributed by atoms with Crippen LogP contribution in [0.2, 0.25) is 0 Å². The fourth-order valence-corrected chi connectivity index (χ4v) is 4.73. The van der Waals surface area contributed by atoms with Crippen molar-refractivity contribution in [1.82, 2.24) is 0 Å². The molecule has 0 bridgehead atoms. The summed E-state index contributed by atoms with van der Waals surface area (Å²) in [6, 6.07) is 0. The molecule has 1 heterocycles. The first kappa shape index (κ1) is 11.9. The van der Waals surface area contributed by atoms with Crippen LogP contribution in [0.25, 0.3) is 0 Å². The van der Waals surface area contributed by atoms with E-state index in [9.17, 15) is 3.83 Å². The van der Waals surface area contributed by atoms with Crippen molar-refractivity contribution >= 4 is 13.8 Å². The van der Waals surface area contributed by atoms with E-state index in [0.29, 0.717) is 0 Å². The summed E-state index contributed by atoms with van der Waals surface area (Å²) in [5, 5.41) is 0. The SMILES string of the molecule is CC(C)(C)C1=C[Se](=O)C(C(C)(C)C)=C1. The van der Waals surface area contributed by atoms with E-state index in [1.165, 1.54) is 5.57 Å². The molecule has 1 atom stereocenters. The predicted molar refractivity (Wildman–Crippen MR) is 61.5 cm³/mol. The minimum atomic E-state index is -1.86. The van der Waals surface area contributed by atoms with Crippen molar-refractivity contribution in [3.63, 3.8) is 0 Å². The molecule has 0 aliphatic carbocycles. The zero-order valence-electron chi connectivity index (χ0n) is 9.97. The first-order valence-electron chi connectivity index (χ1n) is 4.97. The van der Waals surface area contributed by atoms with Gasteiger partial charge in [0.05, 0.1) is 0 Å². The first-order chi connectivity index (χ1) is 6.12. The molecule has 0 saturated carbocycles. The number of hydrogen-bond acceptors (Lipinski definition) is 1. The van der Waals surface area contributed by atoms with Crippen molar-refractivity contribution in [2.45, 2.75) is 41.5 Å². The van der Waals surface area contributed by atoms with Gasteiger partial charge in [-0.15, -0.1) is 0 Å². The van der Waals surface area contributed by atoms with E-state index in [1.807, 2.05) is 4.97 Å². The Labute approximate surface area is 91.4 Å². The molecule has 0 saturated heterocycles. The van der Waals surface area contributed by atoms with Gasteiger partial charge in [-0.05, 0) is 0 Å². The molecule has 1 aliphatic rings. The fraction of sp³-hybridized carbons (Fsp3) is 0.667. The summed E-state index contributed by atoms with van der Waals surface area (Å²) in [5.74, 6) is 0. The second-order valence-electron chi connectivity index (χ2n) is 5.88. The van der Waals surface area contributed by atoms with E-state index in [4.69, 9.17) is 0 Å². The Hall–Kier alpha value is -0.201. The van der Waals surface area contributed by atoms with Gasteiger partial charge in [0.25, 0.3) is 0 Å². The Morgan fingerprint density at radius 3 is 1.71 bits per heavy atom. The summed E-state index contributed by atoms with van der Waals surface area (Å²) >= 11 is -1.86. The summed E-state index contributed by atoms with van der Waals surface area (Å²) in [6.07, 6.45) is 2.15. The topological polar surface area (TPSA) is 17.1 Å². The summed E-state index contributed by atoms with van der Waals surface area (Å²) in [5.41, 5.74) is 1.41. The van der Waals surface area contributed by atoms with Gasteiger partial charge in [0, 0.05) is 0 Å². The predicted octanol–water partition coefficient (Wildman–Crippen LogP) is 3.45. The van der Waals surface area contributed by atoms with Gasteiger partial charge < -0.3 is 0 Å². The van der Waals surface area contributed by atoms with Gasteiger partial charge in [-0.1, -0.05) is 0 Å². The second-order valence-corrected chi connectivity index (χ2v) is 8.54. The van der Waals surface area contributed by atoms with Crippen LogP contribution in [0.15, 0.2) is 21.1 Å². The van der Waals surface area contributed by atoms with Crippen LogP contribution in [0.3, 0.4) is 0 Å². The average Bonchev–Trinajstić information content (AvgIpc) is 2.27. The first-order valence-corrected chi connectivity index (χ1v) is 7.52. The summed E-state index contributed by atoms with van der Waals surface area (Å²) in [7, 11) is 0. The van der Waals surface area contributed by atoms with Crippen LogP contribution >= 0.6 is 0 Å². The monoisotopic (exact) mass is 260 g/mol. The Morgan fingerprint density at radius 2 is 1.50 bits per heavy atom. The molecular formula is C12H20OSe. The van der Waals surface area contributed by atoms with Crippen LogP contribution in [0.1, 0.15) is 41.5 Å². The number of rotatable bonds is 0. The molecule has 1 rings (SSSR count). The molecule has 80 valence electrons. The van der Waals surface area contributed by atoms with Crippen LogP contribution < -0.4 is 0 Å². The minimum absolute atomic E-state index is 0.0515. The van der Waals surface area contributed by atoms with Gasteiger partial charge in [0.2, 0.25) is 0 Å². The molecule has 1 nitrogen and oxygen atoms in total. The van der Waals surface area contributed by atoms with Crippen molar-refractivity contribution in [2.75, 3.05) is 0 Å². The standard InChI is InChI=1S/C12H20OSe/c1-11(2,3)9-7-10(12(4,5)6)14(13)8-9/h7-8H,1-6H3. The molecule has 0 N–H and O–H groups in total. The molecule has 0 fully saturated rings. The quantitative estimate of drug-likeness (QED) is 0.609. The second kappa shape index (κ2) is 3.43. The van der Waals surface area contributed by atoms with Gasteiger partial charge >= 0.3 is 91.1 Å². The Bertz CT molecular complexity index is 306. The molecule has 0 amide bonds. The number of hydrogen-bond donors (Lipinski definition) is 0. The van der Waals surface area contributed by atoms with Crippen LogP contribution in [0.5, 0.6) is 0 Å². The van der Waals surface area contributed by atoms with Gasteiger partial charge in [0.15, 0.2) is 0 Å². The molecule has 0 spiro atoms. The molecule has 1 aliphatic heterocycles. The molecule has 2 heteroatoms. The fourth-order valence-electron chi connectivity index (χ4n) is 1.32. The molecule has 14 heavy (non-hydrogen) atoms. The van der Waals surface area contributed by atoms with Crippen molar-refractivity contribution in [1.29, 1.82) is 0 Å². The van der Waals surface area contributed by atoms with E-state index < -0.39 is 13.8 Å². The van der Waals surface area contributed by atoms with E-state index >= 15 is 0 Å². The average molecular weight is 259 g/mol. The third-order valence-electron chi connectivity index (χ3n) is 2.34. The van der Waals surface area contributed by atoms with Crippen LogP contribution in [0, 0.1) is 10.8 Å². The van der Waals surface area contributed by atoms with Gasteiger partial charge in [0.1, 0.15) is 0 Å². The molecule has 0 radical (unpaired) electrons. The van der Waals surface area contributed by atoms with Crippen molar-refractivity contribution in [3.05, 3.63) is 21.1 Å². The molecule has 0 aromatic rings. The van der Waals surface area contributed by atoms with E-state index in [0.717, 1.165) is 4.47 Å². The van der Waals surface area contributed by atoms with Gasteiger partial charge in [-0.25, -0.2) is 0 Å². The van der Waals surface area contributed by atoms with Crippen molar-refractivity contribution in [2.24, 2.45) is 10.8 Å². The Kier molecular flexibility index (Phi) is 2.91. The number of allylic oxidation sites excluding steroid dienone is 3. The molecular weight excluding hydrogens is 239 g/mol. The van der Waals surface area contributed by atoms with Gasteiger partial charge in [-0.2, -0.15) is 0 Å². The van der Waals surface area contributed by atoms with Crippen molar-refractivity contribution in [3.8, 4) is 0 Å². The van der Waals surface area contributed by atoms with Gasteiger partial charge in [-0.3, -0.25) is 0 Å².